The number of hydrogen-bond acceptors (Lipinski definition) is 4. The zero-order valence-corrected chi connectivity index (χ0v) is 14.9. The molecule has 2 saturated heterocycles. The Hall–Kier alpha value is -1.89. The lowest BCUT2D eigenvalue weighted by Gasteiger charge is -2.46. The number of aromatic nitrogens is 2. The topological polar surface area (TPSA) is 81.3 Å². The molecular weight excluding hydrogens is 306 g/mol. The molecule has 2 aliphatic heterocycles. The third-order valence-corrected chi connectivity index (χ3v) is 4.92. The second-order valence-corrected chi connectivity index (χ2v) is 7.92. The summed E-state index contributed by atoms with van der Waals surface area (Å²) in [6.07, 6.45) is 3.53. The number of nitrogens with zero attached hydrogens (tertiary/aromatic N) is 3. The average Bonchev–Trinajstić information content (AvgIpc) is 2.95. The van der Waals surface area contributed by atoms with Gasteiger partial charge in [0.05, 0.1) is 24.1 Å². The zero-order valence-electron chi connectivity index (χ0n) is 14.9. The van der Waals surface area contributed by atoms with Crippen molar-refractivity contribution in [3.63, 3.8) is 0 Å². The Bertz CT molecular complexity index is 627. The van der Waals surface area contributed by atoms with Crippen LogP contribution in [-0.2, 0) is 10.2 Å². The molecule has 2 N–H and O–H groups in total. The average molecular weight is 333 g/mol. The van der Waals surface area contributed by atoms with Crippen molar-refractivity contribution in [3.8, 4) is 0 Å². The van der Waals surface area contributed by atoms with Crippen LogP contribution in [0.2, 0.25) is 0 Å². The fourth-order valence-electron chi connectivity index (χ4n) is 3.50. The Labute approximate surface area is 142 Å². The molecular formula is C17H27N5O2. The van der Waals surface area contributed by atoms with Gasteiger partial charge in [-0.3, -0.25) is 14.5 Å². The SMILES string of the molecule is CN1CCCC(N2CC(NC(=O)c3nc[nH]c3C(C)(C)C)C2)C1=O. The first-order chi connectivity index (χ1) is 11.3. The van der Waals surface area contributed by atoms with Crippen LogP contribution >= 0.6 is 0 Å². The largest absolute Gasteiger partial charge is 0.347 e. The first-order valence-corrected chi connectivity index (χ1v) is 8.61. The van der Waals surface area contributed by atoms with Gasteiger partial charge < -0.3 is 15.2 Å². The van der Waals surface area contributed by atoms with Gasteiger partial charge in [0.15, 0.2) is 0 Å². The van der Waals surface area contributed by atoms with Crippen LogP contribution in [0, 0.1) is 0 Å². The van der Waals surface area contributed by atoms with E-state index in [1.807, 2.05) is 27.8 Å². The molecule has 7 heteroatoms. The van der Waals surface area contributed by atoms with E-state index in [1.54, 1.807) is 11.2 Å². The summed E-state index contributed by atoms with van der Waals surface area (Å²) in [5, 5.41) is 3.04. The van der Waals surface area contributed by atoms with E-state index in [0.29, 0.717) is 5.69 Å². The van der Waals surface area contributed by atoms with Gasteiger partial charge in [0, 0.05) is 32.1 Å². The highest BCUT2D eigenvalue weighted by Gasteiger charge is 2.39. The van der Waals surface area contributed by atoms with E-state index in [2.05, 4.69) is 20.2 Å². The molecule has 2 fully saturated rings. The van der Waals surface area contributed by atoms with Crippen molar-refractivity contribution in [2.24, 2.45) is 0 Å². The molecule has 0 aromatic carbocycles. The van der Waals surface area contributed by atoms with Crippen molar-refractivity contribution in [1.29, 1.82) is 0 Å². The van der Waals surface area contributed by atoms with E-state index in [4.69, 9.17) is 0 Å². The Morgan fingerprint density at radius 2 is 2.08 bits per heavy atom. The number of amides is 2. The molecule has 1 atom stereocenters. The van der Waals surface area contributed by atoms with Crippen molar-refractivity contribution >= 4 is 11.8 Å². The van der Waals surface area contributed by atoms with Crippen LogP contribution < -0.4 is 5.32 Å². The molecule has 24 heavy (non-hydrogen) atoms. The Balaban J connectivity index is 1.55. The molecule has 0 saturated carbocycles. The number of carbonyl (C=O) groups excluding carboxylic acids is 2. The van der Waals surface area contributed by atoms with Gasteiger partial charge in [-0.15, -0.1) is 0 Å². The Morgan fingerprint density at radius 1 is 1.38 bits per heavy atom. The van der Waals surface area contributed by atoms with Crippen LogP contribution in [-0.4, -0.2) is 70.3 Å². The lowest BCUT2D eigenvalue weighted by Crippen LogP contribution is -2.65. The molecule has 0 radical (unpaired) electrons. The smallest absolute Gasteiger partial charge is 0.272 e. The van der Waals surface area contributed by atoms with Crippen molar-refractivity contribution in [2.45, 2.75) is 51.1 Å². The van der Waals surface area contributed by atoms with Crippen molar-refractivity contribution in [3.05, 3.63) is 17.7 Å². The second-order valence-electron chi connectivity index (χ2n) is 7.92. The van der Waals surface area contributed by atoms with Gasteiger partial charge in [-0.2, -0.15) is 0 Å². The fourth-order valence-corrected chi connectivity index (χ4v) is 3.50. The third kappa shape index (κ3) is 3.17. The lowest BCUT2D eigenvalue weighted by atomic mass is 9.90. The normalized spacial score (nSPS) is 23.2. The van der Waals surface area contributed by atoms with E-state index < -0.39 is 0 Å². The molecule has 1 aromatic rings. The number of imidazole rings is 1. The molecule has 2 amide bonds. The number of nitrogens with one attached hydrogen (secondary N) is 2. The molecule has 0 bridgehead atoms. The van der Waals surface area contributed by atoms with Crippen LogP contribution in [0.15, 0.2) is 6.33 Å². The number of H-pyrrole nitrogens is 1. The molecule has 3 rings (SSSR count). The maximum absolute atomic E-state index is 12.5. The number of likely N-dealkylation sites (N-methyl/N-ethyl adjacent to an activating group) is 1. The monoisotopic (exact) mass is 333 g/mol. The molecule has 7 nitrogen and oxygen atoms in total. The van der Waals surface area contributed by atoms with E-state index in [0.717, 1.165) is 38.2 Å². The Morgan fingerprint density at radius 3 is 2.75 bits per heavy atom. The van der Waals surface area contributed by atoms with Crippen LogP contribution in [0.3, 0.4) is 0 Å². The standard InChI is InChI=1S/C17H27N5O2/c1-17(2,3)14-13(18-10-19-14)15(23)20-11-8-22(9-11)12-6-5-7-21(4)16(12)24/h10-12H,5-9H2,1-4H3,(H,18,19)(H,20,23). The molecule has 2 aliphatic rings. The minimum atomic E-state index is -0.159. The lowest BCUT2D eigenvalue weighted by molar-refractivity contribution is -0.141. The van der Waals surface area contributed by atoms with Crippen LogP contribution in [0.4, 0.5) is 0 Å². The summed E-state index contributed by atoms with van der Waals surface area (Å²) in [7, 11) is 1.86. The molecule has 1 unspecified atom stereocenters. The quantitative estimate of drug-likeness (QED) is 0.855. The van der Waals surface area contributed by atoms with Crippen LogP contribution in [0.5, 0.6) is 0 Å². The maximum Gasteiger partial charge on any atom is 0.272 e. The summed E-state index contributed by atoms with van der Waals surface area (Å²) in [6.45, 7) is 8.45. The van der Waals surface area contributed by atoms with Crippen molar-refractivity contribution in [1.82, 2.24) is 25.1 Å². The second kappa shape index (κ2) is 6.20. The number of piperidine rings is 1. The van der Waals surface area contributed by atoms with E-state index in [-0.39, 0.29) is 29.3 Å². The predicted molar refractivity (Wildman–Crippen MR) is 90.8 cm³/mol. The van der Waals surface area contributed by atoms with Crippen LogP contribution in [0.1, 0.15) is 49.8 Å². The summed E-state index contributed by atoms with van der Waals surface area (Å²) in [5.41, 5.74) is 1.16. The van der Waals surface area contributed by atoms with Crippen molar-refractivity contribution in [2.75, 3.05) is 26.7 Å². The number of aromatic amines is 1. The molecule has 1 aromatic heterocycles. The highest BCUT2D eigenvalue weighted by atomic mass is 16.2. The first kappa shape index (κ1) is 17.0. The van der Waals surface area contributed by atoms with Gasteiger partial charge >= 0.3 is 0 Å². The summed E-state index contributed by atoms with van der Waals surface area (Å²) in [5.74, 6) is 0.0614. The van der Waals surface area contributed by atoms with E-state index >= 15 is 0 Å². The van der Waals surface area contributed by atoms with E-state index in [9.17, 15) is 9.59 Å². The molecule has 3 heterocycles. The van der Waals surface area contributed by atoms with Gasteiger partial charge in [-0.25, -0.2) is 4.98 Å². The maximum atomic E-state index is 12.5. The molecule has 0 spiro atoms. The van der Waals surface area contributed by atoms with Gasteiger partial charge in [0.2, 0.25) is 5.91 Å². The van der Waals surface area contributed by atoms with Gasteiger partial charge in [-0.05, 0) is 12.8 Å². The summed E-state index contributed by atoms with van der Waals surface area (Å²) in [4.78, 5) is 35.9. The van der Waals surface area contributed by atoms with E-state index in [1.165, 1.54) is 0 Å². The number of hydrogen-bond donors (Lipinski definition) is 2. The van der Waals surface area contributed by atoms with Crippen molar-refractivity contribution < 1.29 is 9.59 Å². The summed E-state index contributed by atoms with van der Waals surface area (Å²) in [6, 6.07) is 0.0643. The van der Waals surface area contributed by atoms with Gasteiger partial charge in [0.25, 0.3) is 5.91 Å². The number of carbonyl (C=O) groups is 2. The zero-order chi connectivity index (χ0) is 17.5. The predicted octanol–water partition coefficient (Wildman–Crippen LogP) is 0.742. The highest BCUT2D eigenvalue weighted by molar-refractivity contribution is 5.94. The Kier molecular flexibility index (Phi) is 4.38. The minimum absolute atomic E-state index is 0.0209. The summed E-state index contributed by atoms with van der Waals surface area (Å²) < 4.78 is 0. The molecule has 132 valence electrons. The summed E-state index contributed by atoms with van der Waals surface area (Å²) >= 11 is 0. The van der Waals surface area contributed by atoms with Gasteiger partial charge in [0.1, 0.15) is 5.69 Å². The minimum Gasteiger partial charge on any atom is -0.347 e. The number of rotatable bonds is 3. The number of likely N-dealkylation sites (tertiary alicyclic amines) is 2. The van der Waals surface area contributed by atoms with Crippen LogP contribution in [0.25, 0.3) is 0 Å². The third-order valence-electron chi connectivity index (χ3n) is 4.92. The molecule has 0 aliphatic carbocycles. The fraction of sp³-hybridized carbons (Fsp3) is 0.706. The first-order valence-electron chi connectivity index (χ1n) is 8.61. The highest BCUT2D eigenvalue weighted by Crippen LogP contribution is 2.24. The van der Waals surface area contributed by atoms with Gasteiger partial charge in [-0.1, -0.05) is 20.8 Å².